The summed E-state index contributed by atoms with van der Waals surface area (Å²) < 4.78 is 0. The summed E-state index contributed by atoms with van der Waals surface area (Å²) in [5, 5.41) is 5.65. The van der Waals surface area contributed by atoms with Crippen molar-refractivity contribution < 1.29 is 0 Å². The minimum absolute atomic E-state index is 1.26. The average Bonchev–Trinajstić information content (AvgIpc) is 2.73. The molecule has 1 aromatic heterocycles. The van der Waals surface area contributed by atoms with Gasteiger partial charge in [-0.3, -0.25) is 4.98 Å². The van der Waals surface area contributed by atoms with Crippen LogP contribution in [-0.2, 0) is 0 Å². The molecule has 27 heavy (non-hydrogen) atoms. The van der Waals surface area contributed by atoms with Crippen LogP contribution in [0.15, 0.2) is 103 Å². The van der Waals surface area contributed by atoms with Crippen molar-refractivity contribution in [3.8, 4) is 0 Å². The molecule has 0 aliphatic heterocycles. The highest BCUT2D eigenvalue weighted by Crippen LogP contribution is 2.13. The highest BCUT2D eigenvalue weighted by atomic mass is 28.3. The topological polar surface area (TPSA) is 12.9 Å². The van der Waals surface area contributed by atoms with E-state index >= 15 is 0 Å². The lowest BCUT2D eigenvalue weighted by molar-refractivity contribution is 1.24. The van der Waals surface area contributed by atoms with Crippen LogP contribution in [0.3, 0.4) is 0 Å². The van der Waals surface area contributed by atoms with E-state index in [0.717, 1.165) is 0 Å². The summed E-state index contributed by atoms with van der Waals surface area (Å²) in [4.78, 5) is 4.46. The fraction of sp³-hybridized carbons (Fsp3) is 0.0800. The Kier molecular flexibility index (Phi) is 4.74. The largest absolute Gasteiger partial charge is 0.264 e. The molecule has 0 saturated heterocycles. The predicted molar refractivity (Wildman–Crippen MR) is 117 cm³/mol. The standard InChI is InChI=1S/C25H23NSi/c1-20-18-26-19-21(2)25(20)27(22-12-6-3-7-13-22,23-14-8-4-9-15-23)24-16-10-5-11-17-24/h3-19H,1-2H3. The van der Waals surface area contributed by atoms with E-state index in [1.54, 1.807) is 0 Å². The Labute approximate surface area is 162 Å². The van der Waals surface area contributed by atoms with Gasteiger partial charge < -0.3 is 0 Å². The first-order chi connectivity index (χ1) is 13.2. The Morgan fingerprint density at radius 2 is 0.852 bits per heavy atom. The summed E-state index contributed by atoms with van der Waals surface area (Å²) in [5.41, 5.74) is 2.52. The van der Waals surface area contributed by atoms with Gasteiger partial charge in [0.2, 0.25) is 0 Å². The van der Waals surface area contributed by atoms with Crippen molar-refractivity contribution in [3.63, 3.8) is 0 Å². The van der Waals surface area contributed by atoms with E-state index in [4.69, 9.17) is 0 Å². The van der Waals surface area contributed by atoms with Gasteiger partial charge in [-0.05, 0) is 45.7 Å². The molecule has 0 unspecified atom stereocenters. The van der Waals surface area contributed by atoms with Crippen LogP contribution in [0.4, 0.5) is 0 Å². The number of hydrogen-bond donors (Lipinski definition) is 0. The number of hydrogen-bond acceptors (Lipinski definition) is 1. The van der Waals surface area contributed by atoms with E-state index < -0.39 is 8.07 Å². The fourth-order valence-electron chi connectivity index (χ4n) is 4.29. The quantitative estimate of drug-likeness (QED) is 0.400. The zero-order chi connectivity index (χ0) is 18.7. The molecule has 1 heterocycles. The van der Waals surface area contributed by atoms with E-state index in [1.807, 2.05) is 12.4 Å². The van der Waals surface area contributed by atoms with Crippen LogP contribution in [0.1, 0.15) is 11.1 Å². The highest BCUT2D eigenvalue weighted by molar-refractivity contribution is 7.20. The fourth-order valence-corrected chi connectivity index (χ4v) is 9.55. The van der Waals surface area contributed by atoms with Gasteiger partial charge in [-0.1, -0.05) is 91.0 Å². The van der Waals surface area contributed by atoms with Crippen molar-refractivity contribution in [3.05, 3.63) is 115 Å². The zero-order valence-electron chi connectivity index (χ0n) is 15.8. The van der Waals surface area contributed by atoms with Gasteiger partial charge in [0.05, 0.1) is 0 Å². The molecule has 3 aromatic carbocycles. The minimum atomic E-state index is -2.43. The molecule has 4 rings (SSSR count). The molecule has 2 heteroatoms. The Bertz CT molecular complexity index is 911. The van der Waals surface area contributed by atoms with Crippen LogP contribution in [0.25, 0.3) is 0 Å². The number of aromatic nitrogens is 1. The van der Waals surface area contributed by atoms with E-state index in [0.29, 0.717) is 0 Å². The van der Waals surface area contributed by atoms with Crippen LogP contribution in [0.5, 0.6) is 0 Å². The lowest BCUT2D eigenvalue weighted by atomic mass is 10.2. The molecule has 0 N–H and O–H groups in total. The molecule has 0 aliphatic carbocycles. The third kappa shape index (κ3) is 2.92. The second-order valence-electron chi connectivity index (χ2n) is 7.00. The molecule has 0 spiro atoms. The van der Waals surface area contributed by atoms with Gasteiger partial charge in [-0.15, -0.1) is 0 Å². The second-order valence-corrected chi connectivity index (χ2v) is 10.7. The van der Waals surface area contributed by atoms with Gasteiger partial charge >= 0.3 is 0 Å². The summed E-state index contributed by atoms with van der Waals surface area (Å²) >= 11 is 0. The summed E-state index contributed by atoms with van der Waals surface area (Å²) in [6.45, 7) is 4.40. The summed E-state index contributed by atoms with van der Waals surface area (Å²) in [6, 6.07) is 33.1. The van der Waals surface area contributed by atoms with Crippen LogP contribution in [0, 0.1) is 13.8 Å². The third-order valence-corrected chi connectivity index (χ3v) is 10.5. The lowest BCUT2D eigenvalue weighted by Crippen LogP contribution is -2.75. The smallest absolute Gasteiger partial charge is 0.180 e. The maximum absolute atomic E-state index is 4.46. The number of pyridine rings is 1. The zero-order valence-corrected chi connectivity index (χ0v) is 16.8. The molecule has 0 saturated carbocycles. The van der Waals surface area contributed by atoms with Gasteiger partial charge in [0.25, 0.3) is 0 Å². The van der Waals surface area contributed by atoms with Crippen molar-refractivity contribution in [1.82, 2.24) is 4.98 Å². The molecule has 0 amide bonds. The normalized spacial score (nSPS) is 11.3. The molecule has 1 nitrogen and oxygen atoms in total. The van der Waals surface area contributed by atoms with Gasteiger partial charge in [0.1, 0.15) is 0 Å². The highest BCUT2D eigenvalue weighted by Gasteiger charge is 2.43. The van der Waals surface area contributed by atoms with Crippen LogP contribution >= 0.6 is 0 Å². The van der Waals surface area contributed by atoms with Crippen LogP contribution < -0.4 is 20.7 Å². The Balaban J connectivity index is 2.21. The summed E-state index contributed by atoms with van der Waals surface area (Å²) in [7, 11) is -2.43. The van der Waals surface area contributed by atoms with Crippen molar-refractivity contribution in [2.75, 3.05) is 0 Å². The van der Waals surface area contributed by atoms with Gasteiger partial charge in [0, 0.05) is 12.4 Å². The van der Waals surface area contributed by atoms with E-state index in [2.05, 4.69) is 110 Å². The lowest BCUT2D eigenvalue weighted by Gasteiger charge is -2.36. The van der Waals surface area contributed by atoms with Gasteiger partial charge in [-0.25, -0.2) is 0 Å². The molecule has 132 valence electrons. The molecule has 0 aliphatic rings. The van der Waals surface area contributed by atoms with Crippen molar-refractivity contribution in [2.45, 2.75) is 13.8 Å². The maximum Gasteiger partial charge on any atom is 0.180 e. The molecule has 0 radical (unpaired) electrons. The van der Waals surface area contributed by atoms with Crippen LogP contribution in [-0.4, -0.2) is 13.1 Å². The first-order valence-corrected chi connectivity index (χ1v) is 11.3. The number of aryl methyl sites for hydroxylation is 2. The van der Waals surface area contributed by atoms with Crippen molar-refractivity contribution in [1.29, 1.82) is 0 Å². The molecule has 0 bridgehead atoms. The Morgan fingerprint density at radius 3 is 1.19 bits per heavy atom. The maximum atomic E-state index is 4.46. The number of benzene rings is 3. The predicted octanol–water partition coefficient (Wildman–Crippen LogP) is 3.08. The van der Waals surface area contributed by atoms with Crippen LogP contribution in [0.2, 0.25) is 0 Å². The Hall–Kier alpha value is -2.97. The third-order valence-electron chi connectivity index (χ3n) is 5.32. The van der Waals surface area contributed by atoms with Gasteiger partial charge in [-0.2, -0.15) is 0 Å². The first-order valence-electron chi connectivity index (χ1n) is 9.33. The Morgan fingerprint density at radius 1 is 0.519 bits per heavy atom. The SMILES string of the molecule is Cc1cncc(C)c1[Si](c1ccccc1)(c1ccccc1)c1ccccc1. The van der Waals surface area contributed by atoms with E-state index in [9.17, 15) is 0 Å². The molecule has 0 atom stereocenters. The first kappa shape index (κ1) is 17.4. The molecular formula is C25H23NSi. The number of nitrogens with zero attached hydrogens (tertiary/aromatic N) is 1. The van der Waals surface area contributed by atoms with Crippen molar-refractivity contribution in [2.24, 2.45) is 0 Å². The summed E-state index contributed by atoms with van der Waals surface area (Å²) in [6.07, 6.45) is 4.03. The molecule has 0 fully saturated rings. The second kappa shape index (κ2) is 7.34. The van der Waals surface area contributed by atoms with E-state index in [-0.39, 0.29) is 0 Å². The average molecular weight is 366 g/mol. The number of rotatable bonds is 4. The van der Waals surface area contributed by atoms with Gasteiger partial charge in [0.15, 0.2) is 8.07 Å². The van der Waals surface area contributed by atoms with Crippen molar-refractivity contribution >= 4 is 28.8 Å². The van der Waals surface area contributed by atoms with E-state index in [1.165, 1.54) is 31.9 Å². The molecular weight excluding hydrogens is 342 g/mol. The monoisotopic (exact) mass is 365 g/mol. The minimum Gasteiger partial charge on any atom is -0.264 e. The summed E-state index contributed by atoms with van der Waals surface area (Å²) in [5.74, 6) is 0. The molecule has 4 aromatic rings.